The molecule has 0 radical (unpaired) electrons. The highest BCUT2D eigenvalue weighted by Crippen LogP contribution is 2.24. The Hall–Kier alpha value is -2.12. The van der Waals surface area contributed by atoms with E-state index in [2.05, 4.69) is 43.5 Å². The van der Waals surface area contributed by atoms with Gasteiger partial charge in [-0.15, -0.1) is 0 Å². The lowest BCUT2D eigenvalue weighted by molar-refractivity contribution is -0.302. The van der Waals surface area contributed by atoms with E-state index in [0.717, 1.165) is 51.4 Å². The van der Waals surface area contributed by atoms with E-state index in [1.54, 1.807) is 6.08 Å². The lowest BCUT2D eigenvalue weighted by Gasteiger charge is -2.40. The molecular formula is C85H161NO10. The normalized spacial score (nSPS) is 17.4. The number of amides is 1. The lowest BCUT2D eigenvalue weighted by Crippen LogP contribution is -2.60. The van der Waals surface area contributed by atoms with Crippen molar-refractivity contribution in [3.63, 3.8) is 0 Å². The molecule has 0 aliphatic carbocycles. The minimum atomic E-state index is -1.57. The molecule has 11 nitrogen and oxygen atoms in total. The Morgan fingerprint density at radius 1 is 0.375 bits per heavy atom. The molecule has 0 aromatic rings. The molecule has 6 N–H and O–H groups in total. The molecule has 0 bridgehead atoms. The Morgan fingerprint density at radius 2 is 0.677 bits per heavy atom. The van der Waals surface area contributed by atoms with E-state index in [9.17, 15) is 35.1 Å². The first kappa shape index (κ1) is 91.9. The molecule has 0 spiro atoms. The van der Waals surface area contributed by atoms with Crippen molar-refractivity contribution in [2.24, 2.45) is 0 Å². The zero-order chi connectivity index (χ0) is 69.4. The maximum absolute atomic E-state index is 13.1. The summed E-state index contributed by atoms with van der Waals surface area (Å²) in [6.45, 7) is 4.38. The van der Waals surface area contributed by atoms with Crippen LogP contribution in [0, 0.1) is 0 Å². The predicted molar refractivity (Wildman–Crippen MR) is 407 cm³/mol. The van der Waals surface area contributed by atoms with Gasteiger partial charge in [-0.3, -0.25) is 9.59 Å². The lowest BCUT2D eigenvalue weighted by atomic mass is 9.99. The highest BCUT2D eigenvalue weighted by molar-refractivity contribution is 5.76. The van der Waals surface area contributed by atoms with E-state index in [4.69, 9.17) is 14.2 Å². The quantitative estimate of drug-likeness (QED) is 0.0195. The van der Waals surface area contributed by atoms with Crippen LogP contribution in [0.15, 0.2) is 36.5 Å². The number of carbonyl (C=O) groups is 2. The second-order valence-corrected chi connectivity index (χ2v) is 29.5. The monoisotopic (exact) mass is 1360 g/mol. The fourth-order valence-corrected chi connectivity index (χ4v) is 13.6. The maximum Gasteiger partial charge on any atom is 0.305 e. The number of hydrogen-bond acceptors (Lipinski definition) is 10. The number of carbonyl (C=O) groups excluding carboxylic acids is 2. The molecule has 1 fully saturated rings. The van der Waals surface area contributed by atoms with Gasteiger partial charge in [-0.25, -0.2) is 0 Å². The van der Waals surface area contributed by atoms with Crippen molar-refractivity contribution in [2.45, 2.75) is 474 Å². The molecule has 566 valence electrons. The van der Waals surface area contributed by atoms with E-state index in [-0.39, 0.29) is 18.5 Å². The molecule has 1 saturated heterocycles. The highest BCUT2D eigenvalue weighted by Gasteiger charge is 2.44. The summed E-state index contributed by atoms with van der Waals surface area (Å²) in [6, 6.07) is -0.824. The predicted octanol–water partition coefficient (Wildman–Crippen LogP) is 23.3. The van der Waals surface area contributed by atoms with Crippen LogP contribution in [-0.2, 0) is 23.8 Å². The standard InChI is InChI=1S/C85H161NO10/c1-3-5-7-9-11-13-15-17-18-45-49-53-57-61-65-69-73-81(90)94-74-70-66-62-58-54-50-46-43-41-39-37-35-33-31-29-27-25-23-21-19-20-22-24-26-28-30-32-34-36-38-40-42-44-48-52-56-60-64-68-72-80(89)86-77(76-95-85-84(93)83(92)82(91)79(75-87)96-85)78(88)71-67-63-59-55-51-47-16-14-12-10-8-6-4-2/h19-20,51,55,67,71,77-79,82-85,87-88,91-93H,3-18,21-50,52-54,56-66,68-70,72-76H2,1-2H3,(H,86,89)/b20-19-,55-51+,71-67+. The molecule has 0 saturated carbocycles. The number of ether oxygens (including phenoxy) is 3. The summed E-state index contributed by atoms with van der Waals surface area (Å²) in [5.74, 6) is -0.164. The van der Waals surface area contributed by atoms with Gasteiger partial charge in [0.2, 0.25) is 5.91 Å². The number of nitrogens with one attached hydrogen (secondary N) is 1. The second kappa shape index (κ2) is 74.1. The van der Waals surface area contributed by atoms with Crippen molar-refractivity contribution < 1.29 is 49.3 Å². The van der Waals surface area contributed by atoms with Crippen molar-refractivity contribution in [3.8, 4) is 0 Å². The molecule has 0 aromatic heterocycles. The van der Waals surface area contributed by atoms with Gasteiger partial charge in [-0.05, 0) is 70.6 Å². The van der Waals surface area contributed by atoms with Crippen molar-refractivity contribution >= 4 is 11.9 Å². The average Bonchev–Trinajstić information content (AvgIpc) is 0.843. The van der Waals surface area contributed by atoms with Crippen molar-refractivity contribution in [3.05, 3.63) is 36.5 Å². The van der Waals surface area contributed by atoms with Gasteiger partial charge in [0.25, 0.3) is 0 Å². The van der Waals surface area contributed by atoms with Crippen LogP contribution < -0.4 is 5.32 Å². The zero-order valence-corrected chi connectivity index (χ0v) is 63.4. The Labute approximate surface area is 594 Å². The van der Waals surface area contributed by atoms with Gasteiger partial charge in [0, 0.05) is 12.8 Å². The zero-order valence-electron chi connectivity index (χ0n) is 63.4. The number of aliphatic hydroxyl groups is 5. The van der Waals surface area contributed by atoms with Crippen LogP contribution in [0.25, 0.3) is 0 Å². The molecule has 1 amide bonds. The topological polar surface area (TPSA) is 175 Å². The van der Waals surface area contributed by atoms with Crippen LogP contribution in [0.1, 0.15) is 431 Å². The summed E-state index contributed by atoms with van der Waals surface area (Å²) in [7, 11) is 0. The van der Waals surface area contributed by atoms with Crippen LogP contribution in [0.2, 0.25) is 0 Å². The van der Waals surface area contributed by atoms with Crippen molar-refractivity contribution in [1.82, 2.24) is 5.32 Å². The van der Waals surface area contributed by atoms with Gasteiger partial charge in [0.1, 0.15) is 24.4 Å². The molecular weight excluding hydrogens is 1190 g/mol. The smallest absolute Gasteiger partial charge is 0.305 e. The van der Waals surface area contributed by atoms with Gasteiger partial charge >= 0.3 is 5.97 Å². The van der Waals surface area contributed by atoms with Gasteiger partial charge in [0.15, 0.2) is 6.29 Å². The summed E-state index contributed by atoms with van der Waals surface area (Å²) in [4.78, 5) is 25.2. The average molecular weight is 1360 g/mol. The van der Waals surface area contributed by atoms with Crippen LogP contribution in [0.4, 0.5) is 0 Å². The molecule has 7 atom stereocenters. The summed E-state index contributed by atoms with van der Waals surface area (Å²) in [5, 5.41) is 54.5. The number of esters is 1. The summed E-state index contributed by atoms with van der Waals surface area (Å²) in [6.07, 6.45) is 87.7. The van der Waals surface area contributed by atoms with E-state index < -0.39 is 49.5 Å². The Morgan fingerprint density at radius 3 is 1.03 bits per heavy atom. The summed E-state index contributed by atoms with van der Waals surface area (Å²) in [5.41, 5.74) is 0. The molecule has 0 aromatic carbocycles. The van der Waals surface area contributed by atoms with E-state index >= 15 is 0 Å². The van der Waals surface area contributed by atoms with Gasteiger partial charge in [-0.1, -0.05) is 384 Å². The van der Waals surface area contributed by atoms with Gasteiger partial charge < -0.3 is 45.1 Å². The van der Waals surface area contributed by atoms with Crippen LogP contribution in [-0.4, -0.2) is 100 Å². The number of unbranched alkanes of at least 4 members (excludes halogenated alkanes) is 58. The molecule has 11 heteroatoms. The van der Waals surface area contributed by atoms with Gasteiger partial charge in [0.05, 0.1) is 32.0 Å². The largest absolute Gasteiger partial charge is 0.466 e. The number of rotatable bonds is 76. The third-order valence-corrected chi connectivity index (χ3v) is 20.2. The number of hydrogen-bond donors (Lipinski definition) is 6. The minimum absolute atomic E-state index is 0.0209. The minimum Gasteiger partial charge on any atom is -0.466 e. The molecule has 7 unspecified atom stereocenters. The molecule has 1 aliphatic heterocycles. The Bertz CT molecular complexity index is 1690. The van der Waals surface area contributed by atoms with Crippen molar-refractivity contribution in [1.29, 1.82) is 0 Å². The summed E-state index contributed by atoms with van der Waals surface area (Å²) >= 11 is 0. The molecule has 1 heterocycles. The third-order valence-electron chi connectivity index (χ3n) is 20.2. The number of allylic oxidation sites excluding steroid dienone is 5. The molecule has 96 heavy (non-hydrogen) atoms. The van der Waals surface area contributed by atoms with Crippen LogP contribution in [0.5, 0.6) is 0 Å². The third kappa shape index (κ3) is 61.7. The number of aliphatic hydroxyl groups excluding tert-OH is 5. The Kier molecular flexibility index (Phi) is 70.9. The van der Waals surface area contributed by atoms with Crippen molar-refractivity contribution in [2.75, 3.05) is 19.8 Å². The maximum atomic E-state index is 13.1. The fraction of sp³-hybridized carbons (Fsp3) is 0.906. The SMILES string of the molecule is CCCCCCCCC/C=C/CC/C=C/C(O)C(COC1OC(CO)C(O)C(O)C1O)NC(=O)CCCCCCCCCCCCCCCCCCC/C=C\CCCCCCCCCCCCCCCCCCCCOC(=O)CCCCCCCCCCCCCCCCCC. The first-order chi connectivity index (χ1) is 47.2. The molecule has 1 aliphatic rings. The van der Waals surface area contributed by atoms with Crippen LogP contribution >= 0.6 is 0 Å². The Balaban J connectivity index is 1.87. The molecule has 1 rings (SSSR count). The summed E-state index contributed by atoms with van der Waals surface area (Å²) < 4.78 is 16.8. The first-order valence-electron chi connectivity index (χ1n) is 42.3. The first-order valence-corrected chi connectivity index (χ1v) is 42.3. The van der Waals surface area contributed by atoms with Crippen LogP contribution in [0.3, 0.4) is 0 Å². The van der Waals surface area contributed by atoms with Gasteiger partial charge in [-0.2, -0.15) is 0 Å². The van der Waals surface area contributed by atoms with E-state index in [1.165, 1.54) is 353 Å². The highest BCUT2D eigenvalue weighted by atomic mass is 16.7. The fourth-order valence-electron chi connectivity index (χ4n) is 13.6. The second-order valence-electron chi connectivity index (χ2n) is 29.5. The van der Waals surface area contributed by atoms with E-state index in [1.807, 2.05) is 6.08 Å². The van der Waals surface area contributed by atoms with E-state index in [0.29, 0.717) is 19.4 Å².